The summed E-state index contributed by atoms with van der Waals surface area (Å²) in [5.41, 5.74) is 8.54. The van der Waals surface area contributed by atoms with Crippen molar-refractivity contribution in [1.82, 2.24) is 0 Å². The predicted molar refractivity (Wildman–Crippen MR) is 50.7 cm³/mol. The number of phenolic OH excluding ortho intramolecular Hbond substituents is 1. The third-order valence-electron chi connectivity index (χ3n) is 3.47. The van der Waals surface area contributed by atoms with Crippen LogP contribution in [0.3, 0.4) is 0 Å². The summed E-state index contributed by atoms with van der Waals surface area (Å²) in [5.74, 6) is 0.856. The van der Waals surface area contributed by atoms with Crippen LogP contribution in [0.1, 0.15) is 29.9 Å². The van der Waals surface area contributed by atoms with Gasteiger partial charge in [0.2, 0.25) is 0 Å². The van der Waals surface area contributed by atoms with Crippen LogP contribution < -0.4 is 5.73 Å². The van der Waals surface area contributed by atoms with Gasteiger partial charge in [-0.2, -0.15) is 0 Å². The summed E-state index contributed by atoms with van der Waals surface area (Å²) >= 11 is 0. The summed E-state index contributed by atoms with van der Waals surface area (Å²) in [6, 6.07) is 5.74. The third kappa shape index (κ3) is 0.866. The van der Waals surface area contributed by atoms with Crippen molar-refractivity contribution in [3.63, 3.8) is 0 Å². The minimum absolute atomic E-state index is 0.0197. The van der Waals surface area contributed by atoms with Gasteiger partial charge in [0.05, 0.1) is 0 Å². The zero-order valence-electron chi connectivity index (χ0n) is 7.46. The average Bonchev–Trinajstić information content (AvgIpc) is 2.73. The van der Waals surface area contributed by atoms with E-state index in [1.54, 1.807) is 6.07 Å². The summed E-state index contributed by atoms with van der Waals surface area (Å²) in [6.07, 6.45) is 3.29. The molecule has 0 aromatic heterocycles. The second kappa shape index (κ2) is 2.07. The number of hydrogen-bond donors (Lipinski definition) is 2. The van der Waals surface area contributed by atoms with Crippen LogP contribution in [0.2, 0.25) is 0 Å². The summed E-state index contributed by atoms with van der Waals surface area (Å²) < 4.78 is 0. The zero-order chi connectivity index (χ0) is 9.05. The van der Waals surface area contributed by atoms with Crippen LogP contribution in [0.25, 0.3) is 0 Å². The highest BCUT2D eigenvalue weighted by molar-refractivity contribution is 5.52. The molecule has 13 heavy (non-hydrogen) atoms. The fourth-order valence-electron chi connectivity index (χ4n) is 2.35. The lowest BCUT2D eigenvalue weighted by Gasteiger charge is -2.35. The van der Waals surface area contributed by atoms with E-state index >= 15 is 0 Å². The molecule has 2 heteroatoms. The Morgan fingerprint density at radius 1 is 1.38 bits per heavy atom. The van der Waals surface area contributed by atoms with Gasteiger partial charge in [0.1, 0.15) is 5.75 Å². The largest absolute Gasteiger partial charge is 0.508 e. The molecular weight excluding hydrogens is 162 g/mol. The van der Waals surface area contributed by atoms with Gasteiger partial charge in [0, 0.05) is 17.0 Å². The Morgan fingerprint density at radius 3 is 2.77 bits per heavy atom. The first-order valence-corrected chi connectivity index (χ1v) is 4.80. The van der Waals surface area contributed by atoms with E-state index in [2.05, 4.69) is 6.07 Å². The maximum atomic E-state index is 9.66. The molecular formula is C11H13NO. The van der Waals surface area contributed by atoms with Gasteiger partial charge in [0.25, 0.3) is 0 Å². The molecule has 0 radical (unpaired) electrons. The van der Waals surface area contributed by atoms with Crippen molar-refractivity contribution in [2.75, 3.05) is 0 Å². The Bertz CT molecular complexity index is 354. The van der Waals surface area contributed by atoms with Crippen molar-refractivity contribution in [3.8, 4) is 5.75 Å². The van der Waals surface area contributed by atoms with Crippen LogP contribution in [0.5, 0.6) is 5.75 Å². The first-order valence-electron chi connectivity index (χ1n) is 4.80. The van der Waals surface area contributed by atoms with E-state index in [0.717, 1.165) is 24.8 Å². The summed E-state index contributed by atoms with van der Waals surface area (Å²) in [4.78, 5) is 0. The van der Waals surface area contributed by atoms with Gasteiger partial charge in [-0.15, -0.1) is 0 Å². The number of nitrogens with two attached hydrogens (primary N) is 1. The van der Waals surface area contributed by atoms with Crippen molar-refractivity contribution < 1.29 is 5.11 Å². The Hall–Kier alpha value is -1.02. The molecule has 1 saturated carbocycles. The molecule has 0 saturated heterocycles. The molecule has 3 N–H and O–H groups in total. The normalized spacial score (nSPS) is 27.6. The molecule has 0 amide bonds. The van der Waals surface area contributed by atoms with Crippen LogP contribution in [0.4, 0.5) is 0 Å². The van der Waals surface area contributed by atoms with Crippen molar-refractivity contribution in [1.29, 1.82) is 0 Å². The molecule has 1 aromatic rings. The highest BCUT2D eigenvalue weighted by atomic mass is 16.3. The molecule has 1 fully saturated rings. The van der Waals surface area contributed by atoms with E-state index in [0.29, 0.717) is 11.7 Å². The van der Waals surface area contributed by atoms with E-state index in [4.69, 9.17) is 5.73 Å². The molecule has 2 aliphatic rings. The molecule has 0 heterocycles. The molecule has 0 spiro atoms. The monoisotopic (exact) mass is 175 g/mol. The first-order chi connectivity index (χ1) is 6.21. The van der Waals surface area contributed by atoms with Gasteiger partial charge in [-0.3, -0.25) is 0 Å². The third-order valence-corrected chi connectivity index (χ3v) is 3.47. The van der Waals surface area contributed by atoms with Crippen molar-refractivity contribution in [2.45, 2.75) is 30.7 Å². The lowest BCUT2D eigenvalue weighted by atomic mass is 9.72. The number of phenols is 1. The minimum atomic E-state index is 0.0197. The lowest BCUT2D eigenvalue weighted by molar-refractivity contribution is 0.412. The summed E-state index contributed by atoms with van der Waals surface area (Å²) in [5, 5.41) is 9.66. The van der Waals surface area contributed by atoms with E-state index in [1.807, 2.05) is 6.07 Å². The number of aromatic hydroxyl groups is 1. The maximum Gasteiger partial charge on any atom is 0.119 e. The predicted octanol–water partition coefficient (Wildman–Crippen LogP) is 1.52. The van der Waals surface area contributed by atoms with Gasteiger partial charge < -0.3 is 10.8 Å². The van der Waals surface area contributed by atoms with Crippen molar-refractivity contribution >= 4 is 0 Å². The number of rotatable bonds is 1. The number of hydrogen-bond acceptors (Lipinski definition) is 2. The molecule has 2 aliphatic carbocycles. The quantitative estimate of drug-likeness (QED) is 0.679. The fourth-order valence-corrected chi connectivity index (χ4v) is 2.35. The van der Waals surface area contributed by atoms with E-state index in [1.165, 1.54) is 5.56 Å². The average molecular weight is 175 g/mol. The van der Waals surface area contributed by atoms with Gasteiger partial charge in [-0.1, -0.05) is 12.1 Å². The molecule has 1 atom stereocenters. The zero-order valence-corrected chi connectivity index (χ0v) is 7.46. The summed E-state index contributed by atoms with van der Waals surface area (Å²) in [7, 11) is 0. The molecule has 0 bridgehead atoms. The van der Waals surface area contributed by atoms with E-state index in [9.17, 15) is 5.11 Å². The van der Waals surface area contributed by atoms with Crippen molar-refractivity contribution in [2.24, 2.45) is 5.73 Å². The fraction of sp³-hybridized carbons (Fsp3) is 0.455. The van der Waals surface area contributed by atoms with Crippen LogP contribution in [-0.4, -0.2) is 10.6 Å². The van der Waals surface area contributed by atoms with E-state index in [-0.39, 0.29) is 5.54 Å². The first kappa shape index (κ1) is 7.39. The van der Waals surface area contributed by atoms with Crippen molar-refractivity contribution in [3.05, 3.63) is 29.3 Å². The van der Waals surface area contributed by atoms with Gasteiger partial charge in [-0.25, -0.2) is 0 Å². The molecule has 68 valence electrons. The number of benzene rings is 1. The Balaban J connectivity index is 2.04. The number of fused-ring (bicyclic) bond motifs is 1. The standard InChI is InChI=1S/C11H13NO/c12-11(4-5-11)8-6-7-2-1-3-9(13)10(7)8/h1-3,8,13H,4-6,12H2. The van der Waals surface area contributed by atoms with E-state index < -0.39 is 0 Å². The van der Waals surface area contributed by atoms with Crippen LogP contribution in [0.15, 0.2) is 18.2 Å². The van der Waals surface area contributed by atoms with Crippen LogP contribution in [0, 0.1) is 0 Å². The molecule has 1 aromatic carbocycles. The molecule has 2 nitrogen and oxygen atoms in total. The Labute approximate surface area is 77.4 Å². The minimum Gasteiger partial charge on any atom is -0.508 e. The SMILES string of the molecule is NC1(C2Cc3cccc(O)c32)CC1. The second-order valence-corrected chi connectivity index (χ2v) is 4.34. The van der Waals surface area contributed by atoms with Crippen LogP contribution >= 0.6 is 0 Å². The highest BCUT2D eigenvalue weighted by Crippen LogP contribution is 2.54. The topological polar surface area (TPSA) is 46.2 Å². The smallest absolute Gasteiger partial charge is 0.119 e. The maximum absolute atomic E-state index is 9.66. The Morgan fingerprint density at radius 2 is 2.15 bits per heavy atom. The lowest BCUT2D eigenvalue weighted by Crippen LogP contribution is -2.37. The second-order valence-electron chi connectivity index (χ2n) is 4.34. The summed E-state index contributed by atoms with van der Waals surface area (Å²) in [6.45, 7) is 0. The molecule has 0 aliphatic heterocycles. The van der Waals surface area contributed by atoms with Gasteiger partial charge in [0.15, 0.2) is 0 Å². The molecule has 3 rings (SSSR count). The highest BCUT2D eigenvalue weighted by Gasteiger charge is 2.51. The van der Waals surface area contributed by atoms with Gasteiger partial charge in [-0.05, 0) is 30.9 Å². The Kier molecular flexibility index (Phi) is 1.18. The van der Waals surface area contributed by atoms with Crippen LogP contribution in [-0.2, 0) is 6.42 Å². The van der Waals surface area contributed by atoms with Gasteiger partial charge >= 0.3 is 0 Å². The molecule has 1 unspecified atom stereocenters.